The Balaban J connectivity index is -0.000000261. The number of alkyl halides is 4. The average molecular weight is 2210 g/mol. The van der Waals surface area contributed by atoms with Crippen LogP contribution >= 0.6 is 21.6 Å². The van der Waals surface area contributed by atoms with Crippen LogP contribution in [0.15, 0.2) is 12.4 Å². The van der Waals surface area contributed by atoms with Crippen LogP contribution in [0.5, 0.6) is 0 Å². The summed E-state index contributed by atoms with van der Waals surface area (Å²) in [7, 11) is 4.04. The lowest BCUT2D eigenvalue weighted by atomic mass is 9.84. The van der Waals surface area contributed by atoms with E-state index < -0.39 is 263 Å². The predicted octanol–water partition coefficient (Wildman–Crippen LogP) is 21.7. The third kappa shape index (κ3) is 99.3. The second-order valence-electron chi connectivity index (χ2n) is 27.1. The first-order valence-corrected chi connectivity index (χ1v) is 43.0. The van der Waals surface area contributed by atoms with Crippen LogP contribution in [0.1, 0.15) is 260 Å². The molecule has 2 aromatic rings. The molecule has 0 amide bonds. The van der Waals surface area contributed by atoms with Crippen LogP contribution in [-0.4, -0.2) is 318 Å². The van der Waals surface area contributed by atoms with E-state index >= 15 is 0 Å². The van der Waals surface area contributed by atoms with Crippen LogP contribution in [0.3, 0.4) is 0 Å². The smallest absolute Gasteiger partial charge is 0.432 e. The maximum Gasteiger partial charge on any atom is 0.540 e. The first-order chi connectivity index (χ1) is 63.4. The molecule has 0 bridgehead atoms. The van der Waals surface area contributed by atoms with Gasteiger partial charge >= 0.3 is 49.2 Å². The second kappa shape index (κ2) is 123. The first-order valence-electron chi connectivity index (χ1n) is 40.6. The van der Waals surface area contributed by atoms with Crippen molar-refractivity contribution in [1.82, 2.24) is 30.0 Å². The van der Waals surface area contributed by atoms with E-state index in [1.54, 1.807) is 21.8 Å². The molecule has 0 N–H and O–H groups in total. The minimum atomic E-state index is -1.65. The number of nitrogens with zero attached hydrogens (tertiary/aromatic N) is 6. The predicted molar refractivity (Wildman–Crippen MR) is 536 cm³/mol. The monoisotopic (exact) mass is 2210 g/mol. The lowest BCUT2D eigenvalue weighted by Crippen LogP contribution is -2.43. The highest BCUT2D eigenvalue weighted by molar-refractivity contribution is 8.77. The van der Waals surface area contributed by atoms with E-state index in [1.165, 1.54) is 31.9 Å². The third-order valence-electron chi connectivity index (χ3n) is 16.9. The Bertz CT molecular complexity index is 3200. The molecule has 3 atom stereocenters. The molecule has 0 aliphatic carbocycles. The summed E-state index contributed by atoms with van der Waals surface area (Å²) in [6.45, 7) is -6.65. The molecule has 147 heavy (non-hydrogen) atoms. The number of halogens is 8. The van der Waals surface area contributed by atoms with Gasteiger partial charge in [-0.2, -0.15) is 24.7 Å². The number of carbonyl (C=O) groups is 14. The summed E-state index contributed by atoms with van der Waals surface area (Å²) in [6.07, 6.45) is -0.531. The molecular weight excluding hydrogens is 2030 g/mol. The van der Waals surface area contributed by atoms with Gasteiger partial charge in [-0.05, 0) is 82.8 Å². The summed E-state index contributed by atoms with van der Waals surface area (Å²) < 4.78 is 195. The molecule has 3 rings (SSSR count). The van der Waals surface area contributed by atoms with Crippen molar-refractivity contribution in [2.24, 2.45) is 17.3 Å². The lowest BCUT2D eigenvalue weighted by Gasteiger charge is -2.31. The topological polar surface area (TPSA) is 531 Å². The summed E-state index contributed by atoms with van der Waals surface area (Å²) in [5, 5.41) is 17.9. The quantitative estimate of drug-likeness (QED) is 0.0113. The Morgan fingerprint density at radius 1 is 0.374 bits per heavy atom. The number of ketones is 3. The zero-order valence-electron chi connectivity index (χ0n) is 73.0. The second-order valence-corrected chi connectivity index (χ2v) is 29.9. The highest BCUT2D eigenvalue weighted by Gasteiger charge is 2.37. The number of hydrogen-bond donors (Lipinski definition) is 0. The van der Waals surface area contributed by atoms with Crippen LogP contribution < -0.4 is 0 Å². The van der Waals surface area contributed by atoms with E-state index in [-0.39, 0.29) is 138 Å². The first kappa shape index (κ1) is 179. The molecule has 1 aliphatic rings. The number of hydrogen-bond acceptors (Lipinski definition) is 45. The molecule has 0 radical (unpaired) electrons. The Hall–Kier alpha value is -9.76. The van der Waals surface area contributed by atoms with Crippen molar-refractivity contribution in [3.63, 3.8) is 0 Å². The van der Waals surface area contributed by atoms with Crippen LogP contribution in [-0.2, 0) is 174 Å². The van der Waals surface area contributed by atoms with E-state index in [0.717, 1.165) is 18.1 Å². The number of rotatable bonds is 73. The fraction of sp³-hybridized carbons (Fsp3) is 0.804. The van der Waals surface area contributed by atoms with Crippen LogP contribution in [0.25, 0.3) is 0 Å². The summed E-state index contributed by atoms with van der Waals surface area (Å²) in [4.78, 5) is 181. The van der Waals surface area contributed by atoms with E-state index in [0.29, 0.717) is 107 Å². The summed E-state index contributed by atoms with van der Waals surface area (Å²) in [6, 6.07) is 0. The molecule has 1 aliphatic heterocycles. The van der Waals surface area contributed by atoms with Gasteiger partial charge in [-0.1, -0.05) is 210 Å². The average Bonchev–Trinajstić information content (AvgIpc) is 1.79. The largest absolute Gasteiger partial charge is 0.540 e. The van der Waals surface area contributed by atoms with Gasteiger partial charge in [-0.3, -0.25) is 28.6 Å². The zero-order valence-corrected chi connectivity index (χ0v) is 74.6. The summed E-state index contributed by atoms with van der Waals surface area (Å²) in [5.41, 5.74) is -0.262. The lowest BCUT2D eigenvalue weighted by molar-refractivity contribution is -0.257. The molecule has 1 fully saturated rings. The van der Waals surface area contributed by atoms with Gasteiger partial charge in [0.05, 0.1) is 49.1 Å². The number of ether oxygens (including phenoxy) is 19. The molecule has 3 unspecified atom stereocenters. The van der Waals surface area contributed by atoms with Crippen molar-refractivity contribution in [1.29, 1.82) is 0 Å². The van der Waals surface area contributed by atoms with Crippen LogP contribution in [0.4, 0.5) is 74.0 Å². The van der Waals surface area contributed by atoms with Gasteiger partial charge in [0.25, 0.3) is 0 Å². The normalized spacial score (nSPS) is 11.1. The number of aromatic nitrogens is 6. The maximum atomic E-state index is 14.2. The van der Waals surface area contributed by atoms with Crippen molar-refractivity contribution in [2.45, 2.75) is 304 Å². The fourth-order valence-electron chi connectivity index (χ4n) is 10.2. The molecule has 2 aromatic heterocycles. The van der Waals surface area contributed by atoms with E-state index in [9.17, 15) is 88.4 Å². The van der Waals surface area contributed by atoms with Crippen molar-refractivity contribution >= 4 is 109 Å². The summed E-state index contributed by atoms with van der Waals surface area (Å²) in [5.74, 6) is -0.152. The number of aryl methyl sites for hydroxylation is 4. The molecule has 3 heterocycles. The molecule has 0 spiro atoms. The molecule has 45 nitrogen and oxygen atoms in total. The van der Waals surface area contributed by atoms with Gasteiger partial charge in [0, 0.05) is 61.7 Å². The van der Waals surface area contributed by atoms with E-state index in [1.807, 2.05) is 55.8 Å². The minimum absolute atomic E-state index is 0. The molecule has 0 aromatic carbocycles. The van der Waals surface area contributed by atoms with E-state index in [2.05, 4.69) is 83.3 Å². The Morgan fingerprint density at radius 2 is 0.673 bits per heavy atom. The fourth-order valence-corrected chi connectivity index (χ4v) is 13.2. The standard InChI is InChI=1S/C62H92F8N6O35.C11H20OS2.3CH2O.16CH4/c1-62(40-101-50(36-93-54(79)87-20-24-106-67)37-94-55(80)88-21-25-107-68,41-102-51(38-95-56(81)89-22-26-108-69)39-96-57(82)90-23-27-109-70)53(78)13-9-5-3-7-11-18-76-29-47(72-74-76)15-14-46-28-75(73-71-46)17-10-6-2-4-8-12-52(77)45(30-91-48(32-97-58(83)103-42-64)33-98-59(84)104-43-65)31-92-49(34-99-60(85)105-44-66)35-100-61(86)111-110-19-16-63;1-9(2)11(12)6-4-3-5-10-7-8-13-14-10;3*1-2;;;;;;;;;;;;;;;;/h28-29,45,48-51H,2-27,30-44H2,1H3;9-10H,3-8H2,1-2H3;3*1H2;16*1H4. The Kier molecular flexibility index (Phi) is 150. The Morgan fingerprint density at radius 3 is 0.986 bits per heavy atom. The molecule has 1 saturated heterocycles. The zero-order chi connectivity index (χ0) is 97.8. The van der Waals surface area contributed by atoms with Crippen LogP contribution in [0.2, 0.25) is 0 Å². The van der Waals surface area contributed by atoms with Gasteiger partial charge < -0.3 is 104 Å². The highest BCUT2D eigenvalue weighted by Crippen LogP contribution is 2.40. The Labute approximate surface area is 874 Å². The molecule has 55 heteroatoms. The van der Waals surface area contributed by atoms with Gasteiger partial charge in [0.2, 0.25) is 20.6 Å². The van der Waals surface area contributed by atoms with Gasteiger partial charge in [-0.15, -0.1) is 10.2 Å². The molecule has 882 valence electrons. The molecule has 0 saturated carbocycles. The SMILES string of the molecule is C.C.C.C.C.C.C.C.C.C.C.C.C.C.C.C.C=O.C=O.C=O.CC(C)C(=O)CCCCC1CCSS1.CC(COC(COC(=O)OCCOF)COC(=O)OCCOF)(COC(COC(=O)OCCOF)COC(=O)OCCOF)C(=O)CCCCCCCn1cc(CCc2cn(CCCCCCCC(=O)C(COC(COC(=O)OCF)COC(=O)OCF)COC(COC(=O)OCF)COC(=O)OOCCF)nn2)nn1. The third-order valence-corrected chi connectivity index (χ3v) is 19.9. The van der Waals surface area contributed by atoms with Gasteiger partial charge in [-0.25, -0.2) is 55.9 Å². The molecular formula is C92H182F8N6O39S2. The van der Waals surface area contributed by atoms with Gasteiger partial charge in [0.15, 0.2) is 0 Å². The van der Waals surface area contributed by atoms with Crippen LogP contribution in [0, 0.1) is 17.3 Å². The van der Waals surface area contributed by atoms with Gasteiger partial charge in [0.1, 0.15) is 181 Å². The van der Waals surface area contributed by atoms with Crippen molar-refractivity contribution in [3.8, 4) is 0 Å². The number of Topliss-reactive ketones (excluding diaryl/α,β-unsaturated/α-hetero) is 3. The highest BCUT2D eigenvalue weighted by atomic mass is 33.1. The van der Waals surface area contributed by atoms with Crippen molar-refractivity contribution in [3.05, 3.63) is 23.8 Å². The minimum Gasteiger partial charge on any atom is -0.432 e. The van der Waals surface area contributed by atoms with Crippen molar-refractivity contribution in [2.75, 3.05) is 172 Å². The summed E-state index contributed by atoms with van der Waals surface area (Å²) >= 11 is 0. The number of unbranched alkanes of at least 4 members (excludes halogenated alkanes) is 9. The maximum absolute atomic E-state index is 14.2. The number of carbonyl (C=O) groups excluding carboxylic acids is 14. The van der Waals surface area contributed by atoms with Crippen molar-refractivity contribution < 1.29 is 222 Å². The van der Waals surface area contributed by atoms with E-state index in [4.69, 9.17) is 71.2 Å².